The van der Waals surface area contributed by atoms with Gasteiger partial charge in [0, 0.05) is 5.75 Å². The summed E-state index contributed by atoms with van der Waals surface area (Å²) in [6.07, 6.45) is 0.377. The minimum Gasteiger partial charge on any atom is -0.481 e. The summed E-state index contributed by atoms with van der Waals surface area (Å²) in [7, 11) is 0. The van der Waals surface area contributed by atoms with Gasteiger partial charge in [0.05, 0.1) is 12.5 Å². The number of nitrogens with one attached hydrogen (secondary N) is 3. The van der Waals surface area contributed by atoms with Crippen LogP contribution >= 0.6 is 12.6 Å². The maximum absolute atomic E-state index is 12.6. The lowest BCUT2D eigenvalue weighted by atomic mass is 9.98. The maximum atomic E-state index is 12.6. The van der Waals surface area contributed by atoms with E-state index in [1.165, 1.54) is 0 Å². The number of hydrogen-bond acceptors (Lipinski definition) is 7. The minimum absolute atomic E-state index is 0.176. The molecule has 0 aliphatic carbocycles. The average Bonchev–Trinajstić information content (AvgIpc) is 2.72. The standard InChI is InChI=1S/C19H34N4O7S/c1-5-9(3)14(20)18(28)21-11(7-13(24)25)16(26)22-12(8-31)17(27)23-15(19(29)30)10(4)6-2/h9-12,14-15,31H,5-8,20H2,1-4H3,(H,21,28)(H,22,26)(H,23,27)(H,24,25)(H,29,30). The Morgan fingerprint density at radius 1 is 0.839 bits per heavy atom. The Balaban J connectivity index is 5.34. The number of amides is 3. The lowest BCUT2D eigenvalue weighted by Gasteiger charge is -2.26. The van der Waals surface area contributed by atoms with Crippen LogP contribution in [0, 0.1) is 11.8 Å². The quantitative estimate of drug-likeness (QED) is 0.166. The highest BCUT2D eigenvalue weighted by Gasteiger charge is 2.32. The van der Waals surface area contributed by atoms with E-state index in [-0.39, 0.29) is 17.6 Å². The van der Waals surface area contributed by atoms with Crippen molar-refractivity contribution in [1.82, 2.24) is 16.0 Å². The topological polar surface area (TPSA) is 188 Å². The fourth-order valence-corrected chi connectivity index (χ4v) is 2.82. The first-order valence-corrected chi connectivity index (χ1v) is 10.7. The van der Waals surface area contributed by atoms with E-state index in [0.29, 0.717) is 12.8 Å². The van der Waals surface area contributed by atoms with Crippen LogP contribution in [0.4, 0.5) is 0 Å². The Morgan fingerprint density at radius 2 is 1.32 bits per heavy atom. The first-order chi connectivity index (χ1) is 14.4. The van der Waals surface area contributed by atoms with E-state index in [4.69, 9.17) is 10.8 Å². The molecule has 0 aromatic carbocycles. The molecule has 178 valence electrons. The average molecular weight is 463 g/mol. The normalized spacial score (nSPS) is 16.7. The molecule has 0 rings (SSSR count). The molecular weight excluding hydrogens is 428 g/mol. The zero-order valence-corrected chi connectivity index (χ0v) is 19.1. The minimum atomic E-state index is -1.47. The van der Waals surface area contributed by atoms with Gasteiger partial charge < -0.3 is 31.9 Å². The van der Waals surface area contributed by atoms with Gasteiger partial charge in [-0.15, -0.1) is 0 Å². The van der Waals surface area contributed by atoms with Gasteiger partial charge in [-0.3, -0.25) is 19.2 Å². The molecule has 12 heteroatoms. The van der Waals surface area contributed by atoms with E-state index in [1.807, 2.05) is 6.92 Å². The number of carboxylic acid groups (broad SMARTS) is 2. The van der Waals surface area contributed by atoms with Gasteiger partial charge in [-0.2, -0.15) is 12.6 Å². The summed E-state index contributed by atoms with van der Waals surface area (Å²) in [6, 6.07) is -4.82. The molecule has 0 radical (unpaired) electrons. The van der Waals surface area contributed by atoms with E-state index in [1.54, 1.807) is 20.8 Å². The van der Waals surface area contributed by atoms with Gasteiger partial charge in [0.15, 0.2) is 0 Å². The summed E-state index contributed by atoms with van der Waals surface area (Å²) in [5.41, 5.74) is 5.83. The van der Waals surface area contributed by atoms with Crippen LogP contribution in [0.5, 0.6) is 0 Å². The molecule has 0 heterocycles. The second-order valence-electron chi connectivity index (χ2n) is 7.52. The van der Waals surface area contributed by atoms with Gasteiger partial charge >= 0.3 is 11.9 Å². The van der Waals surface area contributed by atoms with Crippen LogP contribution < -0.4 is 21.7 Å². The van der Waals surface area contributed by atoms with E-state index in [2.05, 4.69) is 28.6 Å². The van der Waals surface area contributed by atoms with Crippen molar-refractivity contribution in [1.29, 1.82) is 0 Å². The third-order valence-electron chi connectivity index (χ3n) is 5.16. The number of hydrogen-bond donors (Lipinski definition) is 7. The Morgan fingerprint density at radius 3 is 1.74 bits per heavy atom. The highest BCUT2D eigenvalue weighted by Crippen LogP contribution is 2.09. The SMILES string of the molecule is CCC(C)C(N)C(=O)NC(CC(=O)O)C(=O)NC(CS)C(=O)NC(C(=O)O)C(C)CC. The highest BCUT2D eigenvalue weighted by atomic mass is 32.1. The van der Waals surface area contributed by atoms with Crippen LogP contribution in [0.2, 0.25) is 0 Å². The summed E-state index contributed by atoms with van der Waals surface area (Å²) in [4.78, 5) is 59.9. The van der Waals surface area contributed by atoms with Gasteiger partial charge in [-0.05, 0) is 11.8 Å². The fraction of sp³-hybridized carbons (Fsp3) is 0.737. The number of carbonyl (C=O) groups excluding carboxylic acids is 3. The van der Waals surface area contributed by atoms with Crippen molar-refractivity contribution in [2.24, 2.45) is 17.6 Å². The first kappa shape index (κ1) is 28.7. The second kappa shape index (κ2) is 13.9. The van der Waals surface area contributed by atoms with E-state index in [0.717, 1.165) is 0 Å². The van der Waals surface area contributed by atoms with Crippen LogP contribution in [0.25, 0.3) is 0 Å². The number of rotatable bonds is 14. The molecule has 0 bridgehead atoms. The van der Waals surface area contributed by atoms with Crippen molar-refractivity contribution >= 4 is 42.3 Å². The van der Waals surface area contributed by atoms with Crippen LogP contribution in [-0.2, 0) is 24.0 Å². The van der Waals surface area contributed by atoms with Gasteiger partial charge in [-0.1, -0.05) is 40.5 Å². The zero-order valence-electron chi connectivity index (χ0n) is 18.3. The Hall–Kier alpha value is -2.34. The molecule has 0 fully saturated rings. The molecule has 6 unspecified atom stereocenters. The third-order valence-corrected chi connectivity index (χ3v) is 5.53. The summed E-state index contributed by atoms with van der Waals surface area (Å²) >= 11 is 4.01. The third kappa shape index (κ3) is 9.55. The van der Waals surface area contributed by atoms with Crippen LogP contribution in [0.3, 0.4) is 0 Å². The molecule has 0 aromatic heterocycles. The fourth-order valence-electron chi connectivity index (χ4n) is 2.57. The Labute approximate surface area is 187 Å². The number of carboxylic acids is 2. The molecule has 6 atom stereocenters. The van der Waals surface area contributed by atoms with Crippen molar-refractivity contribution < 1.29 is 34.2 Å². The zero-order chi connectivity index (χ0) is 24.3. The van der Waals surface area contributed by atoms with Gasteiger partial charge in [0.25, 0.3) is 0 Å². The lowest BCUT2D eigenvalue weighted by molar-refractivity contribution is -0.144. The molecule has 0 spiro atoms. The van der Waals surface area contributed by atoms with Crippen molar-refractivity contribution in [3.05, 3.63) is 0 Å². The van der Waals surface area contributed by atoms with Crippen LogP contribution in [-0.4, -0.2) is 69.8 Å². The molecule has 11 nitrogen and oxygen atoms in total. The molecule has 0 saturated heterocycles. The highest BCUT2D eigenvalue weighted by molar-refractivity contribution is 7.80. The van der Waals surface area contributed by atoms with Crippen molar-refractivity contribution in [2.75, 3.05) is 5.75 Å². The number of carbonyl (C=O) groups is 5. The summed E-state index contributed by atoms with van der Waals surface area (Å²) < 4.78 is 0. The second-order valence-corrected chi connectivity index (χ2v) is 7.89. The van der Waals surface area contributed by atoms with Gasteiger partial charge in [0.1, 0.15) is 18.1 Å². The monoisotopic (exact) mass is 462 g/mol. The van der Waals surface area contributed by atoms with Gasteiger partial charge in [0.2, 0.25) is 17.7 Å². The molecule has 0 aliphatic heterocycles. The Bertz CT molecular complexity index is 661. The van der Waals surface area contributed by atoms with Crippen molar-refractivity contribution in [3.63, 3.8) is 0 Å². The van der Waals surface area contributed by atoms with Crippen LogP contribution in [0.1, 0.15) is 47.0 Å². The first-order valence-electron chi connectivity index (χ1n) is 10.1. The molecular formula is C19H34N4O7S. The molecule has 31 heavy (non-hydrogen) atoms. The van der Waals surface area contributed by atoms with Gasteiger partial charge in [-0.25, -0.2) is 4.79 Å². The largest absolute Gasteiger partial charge is 0.481 e. The maximum Gasteiger partial charge on any atom is 0.326 e. The predicted octanol–water partition coefficient (Wildman–Crippen LogP) is -0.651. The molecule has 3 amide bonds. The molecule has 7 N–H and O–H groups in total. The lowest BCUT2D eigenvalue weighted by Crippen LogP contribution is -2.59. The van der Waals surface area contributed by atoms with E-state index < -0.39 is 60.2 Å². The number of aliphatic carboxylic acids is 2. The Kier molecular flexibility index (Phi) is 12.8. The van der Waals surface area contributed by atoms with Crippen molar-refractivity contribution in [2.45, 2.75) is 71.1 Å². The van der Waals surface area contributed by atoms with E-state index >= 15 is 0 Å². The van der Waals surface area contributed by atoms with Crippen molar-refractivity contribution in [3.8, 4) is 0 Å². The molecule has 0 aliphatic rings. The summed E-state index contributed by atoms with van der Waals surface area (Å²) in [5.74, 6) is -5.69. The smallest absolute Gasteiger partial charge is 0.326 e. The number of nitrogens with two attached hydrogens (primary N) is 1. The number of thiol groups is 1. The summed E-state index contributed by atoms with van der Waals surface area (Å²) in [6.45, 7) is 7.01. The molecule has 0 saturated carbocycles. The molecule has 0 aromatic rings. The van der Waals surface area contributed by atoms with Crippen LogP contribution in [0.15, 0.2) is 0 Å². The predicted molar refractivity (Wildman–Crippen MR) is 116 cm³/mol. The summed E-state index contributed by atoms with van der Waals surface area (Å²) in [5, 5.41) is 25.4. The van der Waals surface area contributed by atoms with E-state index in [9.17, 15) is 29.1 Å².